The van der Waals surface area contributed by atoms with Gasteiger partial charge in [0.25, 0.3) is 0 Å². The molecule has 3 aromatic heterocycles. The van der Waals surface area contributed by atoms with Crippen LogP contribution in [0.5, 0.6) is 0 Å². The van der Waals surface area contributed by atoms with Gasteiger partial charge in [-0.2, -0.15) is 0 Å². The number of para-hydroxylation sites is 2. The van der Waals surface area contributed by atoms with E-state index < -0.39 is 0 Å². The van der Waals surface area contributed by atoms with E-state index in [1.54, 1.807) is 0 Å². The second-order valence-electron chi connectivity index (χ2n) is 14.6. The van der Waals surface area contributed by atoms with Gasteiger partial charge in [-0.1, -0.05) is 146 Å². The Bertz CT molecular complexity index is 3520. The number of nitrogens with zero attached hydrogens (tertiary/aromatic N) is 4. The van der Waals surface area contributed by atoms with E-state index in [0.717, 1.165) is 44.8 Å². The molecule has 12 aromatic rings. The van der Waals surface area contributed by atoms with Crippen molar-refractivity contribution in [2.45, 2.75) is 0 Å². The summed E-state index contributed by atoms with van der Waals surface area (Å²) in [7, 11) is 0. The molecule has 0 amide bonds. The van der Waals surface area contributed by atoms with Crippen molar-refractivity contribution in [1.29, 1.82) is 0 Å². The molecule has 0 aliphatic carbocycles. The van der Waals surface area contributed by atoms with Crippen LogP contribution in [0.2, 0.25) is 0 Å². The van der Waals surface area contributed by atoms with Crippen molar-refractivity contribution >= 4 is 76.1 Å². The number of benzene rings is 9. The Hall–Kier alpha value is -7.56. The van der Waals surface area contributed by atoms with Gasteiger partial charge in [-0.3, -0.25) is 0 Å². The van der Waals surface area contributed by atoms with Crippen molar-refractivity contribution in [1.82, 2.24) is 19.1 Å². The summed E-state index contributed by atoms with van der Waals surface area (Å²) >= 11 is 0. The van der Waals surface area contributed by atoms with E-state index >= 15 is 0 Å². The van der Waals surface area contributed by atoms with Gasteiger partial charge in [0, 0.05) is 49.1 Å². The van der Waals surface area contributed by atoms with Crippen LogP contribution in [0.4, 0.5) is 0 Å². The minimum Gasteiger partial charge on any atom is -0.309 e. The van der Waals surface area contributed by atoms with Gasteiger partial charge in [-0.25, -0.2) is 9.97 Å². The summed E-state index contributed by atoms with van der Waals surface area (Å²) in [5.41, 5.74) is 10.9. The van der Waals surface area contributed by atoms with E-state index in [9.17, 15) is 0 Å². The first-order valence-electron chi connectivity index (χ1n) is 19.1. The molecule has 0 radical (unpaired) electrons. The van der Waals surface area contributed by atoms with Crippen LogP contribution in [-0.2, 0) is 0 Å². The Kier molecular flexibility index (Phi) is 6.60. The van der Waals surface area contributed by atoms with Crippen molar-refractivity contribution in [2.75, 3.05) is 0 Å². The van der Waals surface area contributed by atoms with E-state index in [-0.39, 0.29) is 0 Å². The van der Waals surface area contributed by atoms with Crippen LogP contribution < -0.4 is 0 Å². The minimum atomic E-state index is 0.725. The lowest BCUT2D eigenvalue weighted by molar-refractivity contribution is 1.17. The van der Waals surface area contributed by atoms with E-state index in [2.05, 4.69) is 179 Å². The van der Waals surface area contributed by atoms with Crippen LogP contribution in [-0.4, -0.2) is 19.1 Å². The molecule has 0 spiro atoms. The molecule has 260 valence electrons. The summed E-state index contributed by atoms with van der Waals surface area (Å²) in [6.07, 6.45) is 0. The number of hydrogen-bond donors (Lipinski definition) is 0. The monoisotopic (exact) mass is 712 g/mol. The number of aromatic nitrogens is 4. The molecule has 0 fully saturated rings. The summed E-state index contributed by atoms with van der Waals surface area (Å²) in [5.74, 6) is 0.725. The topological polar surface area (TPSA) is 35.6 Å². The second-order valence-corrected chi connectivity index (χ2v) is 14.6. The average molecular weight is 713 g/mol. The Morgan fingerprint density at radius 1 is 0.357 bits per heavy atom. The maximum atomic E-state index is 5.16. The zero-order valence-electron chi connectivity index (χ0n) is 30.3. The van der Waals surface area contributed by atoms with E-state index in [0.29, 0.717) is 0 Å². The maximum Gasteiger partial charge on any atom is 0.160 e. The molecule has 56 heavy (non-hydrogen) atoms. The highest BCUT2D eigenvalue weighted by Gasteiger charge is 2.21. The smallest absolute Gasteiger partial charge is 0.160 e. The summed E-state index contributed by atoms with van der Waals surface area (Å²) in [6, 6.07) is 69.7. The van der Waals surface area contributed by atoms with Crippen LogP contribution in [0.25, 0.3) is 110 Å². The Morgan fingerprint density at radius 3 is 1.88 bits per heavy atom. The van der Waals surface area contributed by atoms with Crippen molar-refractivity contribution < 1.29 is 0 Å². The van der Waals surface area contributed by atoms with Crippen molar-refractivity contribution in [3.05, 3.63) is 194 Å². The molecule has 0 aliphatic rings. The molecule has 0 saturated heterocycles. The van der Waals surface area contributed by atoms with Gasteiger partial charge >= 0.3 is 0 Å². The largest absolute Gasteiger partial charge is 0.309 e. The number of fused-ring (bicyclic) bond motifs is 10. The molecular formula is C52H32N4. The SMILES string of the molecule is c1ccc(-c2nc(-c3ccc(-n4c5cc6ccccc6cc5c5c(-n6c7ccccc7c7ccc8ccccc8c76)cccc54)cc3)c3ccccc3n2)cc1. The van der Waals surface area contributed by atoms with Crippen LogP contribution in [0, 0.1) is 0 Å². The molecule has 12 rings (SSSR count). The molecule has 3 heterocycles. The lowest BCUT2D eigenvalue weighted by Gasteiger charge is -2.13. The van der Waals surface area contributed by atoms with E-state index in [1.165, 1.54) is 65.3 Å². The van der Waals surface area contributed by atoms with Gasteiger partial charge in [0.1, 0.15) is 0 Å². The number of hydrogen-bond acceptors (Lipinski definition) is 2. The number of rotatable bonds is 4. The van der Waals surface area contributed by atoms with E-state index in [4.69, 9.17) is 9.97 Å². The molecule has 0 N–H and O–H groups in total. The molecule has 0 unspecified atom stereocenters. The van der Waals surface area contributed by atoms with Gasteiger partial charge in [0.15, 0.2) is 5.82 Å². The van der Waals surface area contributed by atoms with Crippen LogP contribution in [0.3, 0.4) is 0 Å². The van der Waals surface area contributed by atoms with Crippen LogP contribution in [0.1, 0.15) is 0 Å². The lowest BCUT2D eigenvalue weighted by Crippen LogP contribution is -1.98. The first kappa shape index (κ1) is 30.9. The van der Waals surface area contributed by atoms with E-state index in [1.807, 2.05) is 24.3 Å². The standard InChI is InChI=1S/C52H32N4/c1-2-14-35(15-3-1)52-53-44-21-10-8-20-42(44)50(54-52)34-25-28-38(29-26-34)55-46-23-12-24-47(49(46)43-31-36-16-4-5-17-37(36)32-48(43)55)56-45-22-11-9-19-40(45)41-30-27-33-13-6-7-18-39(33)51(41)56/h1-32H. The fourth-order valence-corrected chi connectivity index (χ4v) is 8.96. The average Bonchev–Trinajstić information content (AvgIpc) is 3.78. The second kappa shape index (κ2) is 12.0. The van der Waals surface area contributed by atoms with Gasteiger partial charge in [-0.05, 0) is 64.7 Å². The Balaban J connectivity index is 1.13. The van der Waals surface area contributed by atoms with Crippen molar-refractivity contribution in [3.8, 4) is 34.0 Å². The molecule has 4 heteroatoms. The molecule has 0 bridgehead atoms. The third kappa shape index (κ3) is 4.53. The third-order valence-corrected chi connectivity index (χ3v) is 11.5. The molecule has 9 aromatic carbocycles. The molecule has 0 saturated carbocycles. The molecule has 0 aliphatic heterocycles. The van der Waals surface area contributed by atoms with Crippen molar-refractivity contribution in [3.63, 3.8) is 0 Å². The van der Waals surface area contributed by atoms with Gasteiger partial charge < -0.3 is 9.13 Å². The van der Waals surface area contributed by atoms with Crippen LogP contribution in [0.15, 0.2) is 194 Å². The zero-order chi connectivity index (χ0) is 36.7. The predicted molar refractivity (Wildman–Crippen MR) is 234 cm³/mol. The van der Waals surface area contributed by atoms with Crippen LogP contribution >= 0.6 is 0 Å². The third-order valence-electron chi connectivity index (χ3n) is 11.5. The summed E-state index contributed by atoms with van der Waals surface area (Å²) < 4.78 is 4.94. The Morgan fingerprint density at radius 2 is 1.04 bits per heavy atom. The first-order valence-corrected chi connectivity index (χ1v) is 19.1. The quantitative estimate of drug-likeness (QED) is 0.182. The zero-order valence-corrected chi connectivity index (χ0v) is 30.3. The summed E-state index contributed by atoms with van der Waals surface area (Å²) in [4.78, 5) is 10.1. The van der Waals surface area contributed by atoms with Gasteiger partial charge in [0.2, 0.25) is 0 Å². The molecular weight excluding hydrogens is 681 g/mol. The highest BCUT2D eigenvalue weighted by Crippen LogP contribution is 2.43. The highest BCUT2D eigenvalue weighted by atomic mass is 15.0. The summed E-state index contributed by atoms with van der Waals surface area (Å²) in [6.45, 7) is 0. The molecule has 4 nitrogen and oxygen atoms in total. The Labute approximate surface area is 322 Å². The van der Waals surface area contributed by atoms with Gasteiger partial charge in [0.05, 0.1) is 39.0 Å². The minimum absolute atomic E-state index is 0.725. The molecule has 0 atom stereocenters. The maximum absolute atomic E-state index is 5.16. The first-order chi connectivity index (χ1) is 27.8. The summed E-state index contributed by atoms with van der Waals surface area (Å²) in [5, 5.41) is 10.9. The predicted octanol–water partition coefficient (Wildman–Crippen LogP) is 13.5. The normalized spacial score (nSPS) is 11.9. The lowest BCUT2D eigenvalue weighted by atomic mass is 10.0. The highest BCUT2D eigenvalue weighted by molar-refractivity contribution is 6.22. The van der Waals surface area contributed by atoms with Gasteiger partial charge in [-0.15, -0.1) is 0 Å². The fourth-order valence-electron chi connectivity index (χ4n) is 8.96. The van der Waals surface area contributed by atoms with Crippen molar-refractivity contribution in [2.24, 2.45) is 0 Å². The fraction of sp³-hybridized carbons (Fsp3) is 0.